The van der Waals surface area contributed by atoms with Crippen LogP contribution in [0.1, 0.15) is 16.8 Å². The van der Waals surface area contributed by atoms with Crippen molar-refractivity contribution in [2.75, 3.05) is 13.2 Å². The summed E-state index contributed by atoms with van der Waals surface area (Å²) in [5.74, 6) is -1.39. The molecule has 0 spiro atoms. The van der Waals surface area contributed by atoms with Crippen molar-refractivity contribution in [2.24, 2.45) is 5.73 Å². The summed E-state index contributed by atoms with van der Waals surface area (Å²) in [5.41, 5.74) is 8.31. The predicted molar refractivity (Wildman–Crippen MR) is 101 cm³/mol. The number of aromatic nitrogens is 2. The van der Waals surface area contributed by atoms with Crippen molar-refractivity contribution < 1.29 is 13.9 Å². The van der Waals surface area contributed by atoms with Crippen molar-refractivity contribution in [3.63, 3.8) is 0 Å². The molecule has 1 aromatic heterocycles. The van der Waals surface area contributed by atoms with Gasteiger partial charge in [-0.15, -0.1) is 0 Å². The quantitative estimate of drug-likeness (QED) is 0.734. The normalized spacial score (nSPS) is 15.6. The van der Waals surface area contributed by atoms with Crippen LogP contribution in [-0.4, -0.2) is 23.0 Å². The standard InChI is InChI=1S/C21H20FN3O3/c22-17-7-5-16(6-8-17)21(27-11-12-28-21)13-18-9-10-20(26)25(24-18)19-4-2-1-3-15(19)14-23/h1-10H,11-14,23H2. The highest BCUT2D eigenvalue weighted by Crippen LogP contribution is 2.34. The van der Waals surface area contributed by atoms with Gasteiger partial charge in [0.05, 0.1) is 31.0 Å². The van der Waals surface area contributed by atoms with Gasteiger partial charge in [-0.1, -0.05) is 30.3 Å². The first-order valence-electron chi connectivity index (χ1n) is 9.03. The first kappa shape index (κ1) is 18.5. The van der Waals surface area contributed by atoms with Gasteiger partial charge in [-0.25, -0.2) is 4.39 Å². The van der Waals surface area contributed by atoms with Gasteiger partial charge in [0.15, 0.2) is 0 Å². The van der Waals surface area contributed by atoms with E-state index in [2.05, 4.69) is 5.10 Å². The van der Waals surface area contributed by atoms with E-state index in [4.69, 9.17) is 15.2 Å². The Morgan fingerprint density at radius 1 is 1.04 bits per heavy atom. The van der Waals surface area contributed by atoms with Crippen LogP contribution < -0.4 is 11.3 Å². The maximum atomic E-state index is 13.3. The maximum absolute atomic E-state index is 13.3. The minimum absolute atomic E-state index is 0.256. The first-order valence-corrected chi connectivity index (χ1v) is 9.03. The van der Waals surface area contributed by atoms with E-state index in [1.54, 1.807) is 24.3 Å². The van der Waals surface area contributed by atoms with Gasteiger partial charge in [0.25, 0.3) is 5.56 Å². The Labute approximate surface area is 161 Å². The molecule has 28 heavy (non-hydrogen) atoms. The third kappa shape index (κ3) is 3.47. The van der Waals surface area contributed by atoms with Crippen LogP contribution in [0, 0.1) is 5.82 Å². The number of rotatable bonds is 5. The molecule has 4 rings (SSSR count). The average Bonchev–Trinajstić information content (AvgIpc) is 3.19. The van der Waals surface area contributed by atoms with Gasteiger partial charge >= 0.3 is 0 Å². The molecular weight excluding hydrogens is 361 g/mol. The van der Waals surface area contributed by atoms with E-state index >= 15 is 0 Å². The summed E-state index contributed by atoms with van der Waals surface area (Å²) in [6.07, 6.45) is 0.281. The van der Waals surface area contributed by atoms with Gasteiger partial charge in [-0.2, -0.15) is 9.78 Å². The summed E-state index contributed by atoms with van der Waals surface area (Å²) in [4.78, 5) is 12.4. The van der Waals surface area contributed by atoms with Crippen LogP contribution >= 0.6 is 0 Å². The Morgan fingerprint density at radius 3 is 2.46 bits per heavy atom. The van der Waals surface area contributed by atoms with Crippen LogP contribution in [0.5, 0.6) is 0 Å². The molecule has 2 heterocycles. The first-order chi connectivity index (χ1) is 13.6. The summed E-state index contributed by atoms with van der Waals surface area (Å²) >= 11 is 0. The van der Waals surface area contributed by atoms with E-state index < -0.39 is 5.79 Å². The minimum Gasteiger partial charge on any atom is -0.343 e. The molecule has 1 saturated heterocycles. The fraction of sp³-hybridized carbons (Fsp3) is 0.238. The summed E-state index contributed by atoms with van der Waals surface area (Å²) < 4.78 is 26.5. The van der Waals surface area contributed by atoms with Crippen molar-refractivity contribution in [1.29, 1.82) is 0 Å². The van der Waals surface area contributed by atoms with Crippen LogP contribution in [-0.2, 0) is 28.2 Å². The molecule has 0 saturated carbocycles. The topological polar surface area (TPSA) is 79.4 Å². The fourth-order valence-corrected chi connectivity index (χ4v) is 3.37. The minimum atomic E-state index is -1.06. The van der Waals surface area contributed by atoms with Gasteiger partial charge in [-0.05, 0) is 29.8 Å². The van der Waals surface area contributed by atoms with E-state index in [1.165, 1.54) is 22.9 Å². The number of benzene rings is 2. The average molecular weight is 381 g/mol. The highest BCUT2D eigenvalue weighted by atomic mass is 19.1. The molecule has 1 aliphatic heterocycles. The Kier molecular flexibility index (Phi) is 5.04. The second-order valence-corrected chi connectivity index (χ2v) is 6.54. The predicted octanol–water partition coefficient (Wildman–Crippen LogP) is 2.27. The maximum Gasteiger partial charge on any atom is 0.271 e. The molecule has 0 unspecified atom stereocenters. The van der Waals surface area contributed by atoms with Crippen molar-refractivity contribution in [3.8, 4) is 5.69 Å². The lowest BCUT2D eigenvalue weighted by molar-refractivity contribution is -0.165. The van der Waals surface area contributed by atoms with Crippen LogP contribution in [0.3, 0.4) is 0 Å². The smallest absolute Gasteiger partial charge is 0.271 e. The van der Waals surface area contributed by atoms with E-state index in [9.17, 15) is 9.18 Å². The van der Waals surface area contributed by atoms with Gasteiger partial charge < -0.3 is 15.2 Å². The summed E-state index contributed by atoms with van der Waals surface area (Å²) in [6.45, 7) is 1.14. The number of para-hydroxylation sites is 1. The molecule has 7 heteroatoms. The molecule has 1 aliphatic rings. The highest BCUT2D eigenvalue weighted by Gasteiger charge is 2.39. The van der Waals surface area contributed by atoms with Crippen molar-refractivity contribution in [2.45, 2.75) is 18.8 Å². The second kappa shape index (κ2) is 7.63. The molecular formula is C21H20FN3O3. The Balaban J connectivity index is 1.73. The number of hydrogen-bond acceptors (Lipinski definition) is 5. The highest BCUT2D eigenvalue weighted by molar-refractivity contribution is 5.40. The van der Waals surface area contributed by atoms with E-state index in [0.29, 0.717) is 36.7 Å². The number of halogens is 1. The number of hydrogen-bond donors (Lipinski definition) is 1. The molecule has 144 valence electrons. The third-order valence-corrected chi connectivity index (χ3v) is 4.75. The van der Waals surface area contributed by atoms with Crippen molar-refractivity contribution in [3.05, 3.63) is 93.7 Å². The van der Waals surface area contributed by atoms with Crippen molar-refractivity contribution >= 4 is 0 Å². The zero-order chi connectivity index (χ0) is 19.6. The summed E-state index contributed by atoms with van der Waals surface area (Å²) in [6, 6.07) is 16.5. The lowest BCUT2D eigenvalue weighted by atomic mass is 10.0. The van der Waals surface area contributed by atoms with Gasteiger partial charge in [0, 0.05) is 18.2 Å². The molecule has 1 fully saturated rings. The SMILES string of the molecule is NCc1ccccc1-n1nc(CC2(c3ccc(F)cc3)OCCO2)ccc1=O. The largest absolute Gasteiger partial charge is 0.343 e. The number of ether oxygens (including phenoxy) is 2. The van der Waals surface area contributed by atoms with Gasteiger partial charge in [-0.3, -0.25) is 4.79 Å². The van der Waals surface area contributed by atoms with Gasteiger partial charge in [0.2, 0.25) is 5.79 Å². The molecule has 2 aromatic carbocycles. The van der Waals surface area contributed by atoms with E-state index in [-0.39, 0.29) is 17.8 Å². The fourth-order valence-electron chi connectivity index (χ4n) is 3.37. The molecule has 2 N–H and O–H groups in total. The molecule has 0 radical (unpaired) electrons. The van der Waals surface area contributed by atoms with Crippen LogP contribution in [0.2, 0.25) is 0 Å². The van der Waals surface area contributed by atoms with E-state index in [1.807, 2.05) is 18.2 Å². The van der Waals surface area contributed by atoms with Crippen LogP contribution in [0.15, 0.2) is 65.5 Å². The lowest BCUT2D eigenvalue weighted by Gasteiger charge is -2.27. The molecule has 0 amide bonds. The van der Waals surface area contributed by atoms with Crippen LogP contribution in [0.4, 0.5) is 4.39 Å². The Hall–Kier alpha value is -2.87. The lowest BCUT2D eigenvalue weighted by Crippen LogP contribution is -2.32. The molecule has 6 nitrogen and oxygen atoms in total. The summed E-state index contributed by atoms with van der Waals surface area (Å²) in [5, 5.41) is 4.52. The zero-order valence-corrected chi connectivity index (χ0v) is 15.2. The zero-order valence-electron chi connectivity index (χ0n) is 15.2. The Morgan fingerprint density at radius 2 is 1.75 bits per heavy atom. The molecule has 0 atom stereocenters. The van der Waals surface area contributed by atoms with Gasteiger partial charge in [0.1, 0.15) is 5.82 Å². The molecule has 3 aromatic rings. The summed E-state index contributed by atoms with van der Waals surface area (Å²) in [7, 11) is 0. The third-order valence-electron chi connectivity index (χ3n) is 4.75. The molecule has 0 bridgehead atoms. The monoisotopic (exact) mass is 381 g/mol. The van der Waals surface area contributed by atoms with E-state index in [0.717, 1.165) is 5.56 Å². The van der Waals surface area contributed by atoms with Crippen LogP contribution in [0.25, 0.3) is 5.69 Å². The number of nitrogens with zero attached hydrogens (tertiary/aromatic N) is 2. The Bertz CT molecular complexity index is 1030. The second-order valence-electron chi connectivity index (χ2n) is 6.54. The molecule has 0 aliphatic carbocycles. The van der Waals surface area contributed by atoms with Crippen molar-refractivity contribution in [1.82, 2.24) is 9.78 Å². The number of nitrogens with two attached hydrogens (primary N) is 1.